The van der Waals surface area contributed by atoms with Crippen molar-refractivity contribution in [2.24, 2.45) is 0 Å². The van der Waals surface area contributed by atoms with Crippen molar-refractivity contribution in [3.8, 4) is 5.75 Å². The smallest absolute Gasteiger partial charge is 0.262 e. The third-order valence-corrected chi connectivity index (χ3v) is 4.58. The number of hydrogen-bond donors (Lipinski definition) is 1. The molecule has 1 N–H and O–H groups in total. The molecule has 0 saturated carbocycles. The van der Waals surface area contributed by atoms with Gasteiger partial charge in [-0.1, -0.05) is 54.6 Å². The molecule has 3 aromatic rings. The fourth-order valence-corrected chi connectivity index (χ4v) is 3.27. The van der Waals surface area contributed by atoms with Crippen molar-refractivity contribution in [2.75, 3.05) is 17.3 Å². The van der Waals surface area contributed by atoms with E-state index in [1.165, 1.54) is 4.90 Å². The lowest BCUT2D eigenvalue weighted by Crippen LogP contribution is -2.53. The van der Waals surface area contributed by atoms with Gasteiger partial charge in [-0.3, -0.25) is 14.5 Å². The maximum absolute atomic E-state index is 13.3. The van der Waals surface area contributed by atoms with E-state index < -0.39 is 6.17 Å². The van der Waals surface area contributed by atoms with Crippen LogP contribution in [0.3, 0.4) is 0 Å². The van der Waals surface area contributed by atoms with E-state index in [1.807, 2.05) is 24.3 Å². The topological polar surface area (TPSA) is 58.6 Å². The summed E-state index contributed by atoms with van der Waals surface area (Å²) in [5, 5.41) is 3.23. The third-order valence-electron chi connectivity index (χ3n) is 4.58. The molecular formula is C22H18N2O3. The van der Waals surface area contributed by atoms with Crippen LogP contribution in [0.25, 0.3) is 0 Å². The maximum Gasteiger partial charge on any atom is 0.262 e. The lowest BCUT2D eigenvalue weighted by Gasteiger charge is -2.37. The first-order valence-electron chi connectivity index (χ1n) is 8.62. The average Bonchev–Trinajstić information content (AvgIpc) is 2.74. The molecule has 0 aromatic heterocycles. The van der Waals surface area contributed by atoms with Gasteiger partial charge in [0.25, 0.3) is 5.91 Å². The molecule has 134 valence electrons. The molecule has 0 bridgehead atoms. The van der Waals surface area contributed by atoms with Crippen molar-refractivity contribution in [3.63, 3.8) is 0 Å². The van der Waals surface area contributed by atoms with Gasteiger partial charge in [-0.15, -0.1) is 0 Å². The van der Waals surface area contributed by atoms with Gasteiger partial charge >= 0.3 is 0 Å². The Kier molecular flexibility index (Phi) is 4.34. The van der Waals surface area contributed by atoms with Crippen LogP contribution in [0.5, 0.6) is 5.75 Å². The molecule has 1 heterocycles. The van der Waals surface area contributed by atoms with Crippen LogP contribution in [-0.4, -0.2) is 25.0 Å². The number of ether oxygens (including phenoxy) is 1. The minimum atomic E-state index is -0.869. The molecule has 1 atom stereocenters. The number of benzene rings is 3. The molecule has 4 rings (SSSR count). The highest BCUT2D eigenvalue weighted by Gasteiger charge is 2.38. The van der Waals surface area contributed by atoms with Crippen LogP contribution in [0.2, 0.25) is 0 Å². The van der Waals surface area contributed by atoms with Gasteiger partial charge in [0.2, 0.25) is 5.78 Å². The van der Waals surface area contributed by atoms with E-state index in [-0.39, 0.29) is 11.7 Å². The van der Waals surface area contributed by atoms with Crippen LogP contribution in [0.15, 0.2) is 78.9 Å². The number of fused-ring (bicyclic) bond motifs is 1. The van der Waals surface area contributed by atoms with Gasteiger partial charge in [0, 0.05) is 11.3 Å². The Morgan fingerprint density at radius 1 is 0.926 bits per heavy atom. The normalized spacial score (nSPS) is 15.7. The average molecular weight is 358 g/mol. The van der Waals surface area contributed by atoms with Crippen LogP contribution < -0.4 is 15.0 Å². The summed E-state index contributed by atoms with van der Waals surface area (Å²) in [4.78, 5) is 28.0. The Labute approximate surface area is 157 Å². The SMILES string of the molecule is COc1ccccc1N1C(=O)c2ccccc2NC1C(=O)c1ccccc1. The van der Waals surface area contributed by atoms with Gasteiger partial charge in [0.15, 0.2) is 6.17 Å². The van der Waals surface area contributed by atoms with Crippen molar-refractivity contribution < 1.29 is 14.3 Å². The predicted octanol–water partition coefficient (Wildman–Crippen LogP) is 3.98. The summed E-state index contributed by atoms with van der Waals surface area (Å²) < 4.78 is 5.44. The minimum absolute atomic E-state index is 0.190. The number of nitrogens with zero attached hydrogens (tertiary/aromatic N) is 1. The molecule has 1 aliphatic heterocycles. The number of nitrogens with one attached hydrogen (secondary N) is 1. The molecule has 5 nitrogen and oxygen atoms in total. The summed E-state index contributed by atoms with van der Waals surface area (Å²) in [5.74, 6) is 0.0883. The van der Waals surface area contributed by atoms with Gasteiger partial charge in [0.1, 0.15) is 5.75 Å². The summed E-state index contributed by atoms with van der Waals surface area (Å²) >= 11 is 0. The number of carbonyl (C=O) groups excluding carboxylic acids is 2. The van der Waals surface area contributed by atoms with Crippen LogP contribution in [0.1, 0.15) is 20.7 Å². The van der Waals surface area contributed by atoms with Crippen molar-refractivity contribution >= 4 is 23.1 Å². The third kappa shape index (κ3) is 2.93. The largest absolute Gasteiger partial charge is 0.495 e. The molecule has 0 spiro atoms. The monoisotopic (exact) mass is 358 g/mol. The molecule has 0 aliphatic carbocycles. The molecule has 1 amide bonds. The molecule has 1 aliphatic rings. The second kappa shape index (κ2) is 6.96. The second-order valence-electron chi connectivity index (χ2n) is 6.17. The van der Waals surface area contributed by atoms with Crippen molar-refractivity contribution in [1.82, 2.24) is 0 Å². The Morgan fingerprint density at radius 2 is 1.59 bits per heavy atom. The standard InChI is InChI=1S/C22H18N2O3/c1-27-19-14-8-7-13-18(19)24-21(20(25)15-9-3-2-4-10-15)23-17-12-6-5-11-16(17)22(24)26/h2-14,21,23H,1H3. The van der Waals surface area contributed by atoms with Crippen LogP contribution in [0, 0.1) is 0 Å². The van der Waals surface area contributed by atoms with Gasteiger partial charge in [0.05, 0.1) is 18.4 Å². The summed E-state index contributed by atoms with van der Waals surface area (Å²) in [6, 6.07) is 23.3. The number of rotatable bonds is 4. The van der Waals surface area contributed by atoms with Gasteiger partial charge in [-0.25, -0.2) is 0 Å². The molecule has 0 radical (unpaired) electrons. The van der Waals surface area contributed by atoms with Crippen molar-refractivity contribution in [1.29, 1.82) is 0 Å². The number of anilines is 2. The Bertz CT molecular complexity index is 1000. The highest BCUT2D eigenvalue weighted by molar-refractivity contribution is 6.18. The van der Waals surface area contributed by atoms with Crippen LogP contribution in [0.4, 0.5) is 11.4 Å². The molecule has 0 saturated heterocycles. The zero-order chi connectivity index (χ0) is 18.8. The number of para-hydroxylation sites is 3. The number of Topliss-reactive ketones (excluding diaryl/α,β-unsaturated/α-hetero) is 1. The van der Waals surface area contributed by atoms with E-state index in [0.717, 1.165) is 0 Å². The molecule has 3 aromatic carbocycles. The van der Waals surface area contributed by atoms with Crippen LogP contribution in [-0.2, 0) is 0 Å². The Hall–Kier alpha value is -3.60. The summed E-state index contributed by atoms with van der Waals surface area (Å²) in [5.41, 5.74) is 2.23. The van der Waals surface area contributed by atoms with E-state index in [0.29, 0.717) is 28.3 Å². The molecule has 0 fully saturated rings. The predicted molar refractivity (Wildman–Crippen MR) is 104 cm³/mol. The fourth-order valence-electron chi connectivity index (χ4n) is 3.27. The first-order valence-corrected chi connectivity index (χ1v) is 8.62. The van der Waals surface area contributed by atoms with E-state index >= 15 is 0 Å². The van der Waals surface area contributed by atoms with Gasteiger partial charge in [-0.2, -0.15) is 0 Å². The maximum atomic E-state index is 13.3. The highest BCUT2D eigenvalue weighted by Crippen LogP contribution is 2.35. The minimum Gasteiger partial charge on any atom is -0.495 e. The van der Waals surface area contributed by atoms with E-state index in [9.17, 15) is 9.59 Å². The lowest BCUT2D eigenvalue weighted by molar-refractivity contribution is 0.0900. The Morgan fingerprint density at radius 3 is 2.37 bits per heavy atom. The van der Waals surface area contributed by atoms with Crippen molar-refractivity contribution in [2.45, 2.75) is 6.17 Å². The Balaban J connectivity index is 1.86. The quantitative estimate of drug-likeness (QED) is 0.717. The molecular weight excluding hydrogens is 340 g/mol. The molecule has 5 heteroatoms. The number of hydrogen-bond acceptors (Lipinski definition) is 4. The zero-order valence-electron chi connectivity index (χ0n) is 14.8. The summed E-state index contributed by atoms with van der Waals surface area (Å²) in [6.45, 7) is 0. The second-order valence-corrected chi connectivity index (χ2v) is 6.17. The first kappa shape index (κ1) is 16.8. The molecule has 27 heavy (non-hydrogen) atoms. The van der Waals surface area contributed by atoms with E-state index in [4.69, 9.17) is 4.74 Å². The first-order chi connectivity index (χ1) is 13.2. The fraction of sp³-hybridized carbons (Fsp3) is 0.0909. The number of ketones is 1. The van der Waals surface area contributed by atoms with Gasteiger partial charge in [-0.05, 0) is 24.3 Å². The lowest BCUT2D eigenvalue weighted by atomic mass is 10.0. The molecule has 1 unspecified atom stereocenters. The van der Waals surface area contributed by atoms with E-state index in [2.05, 4.69) is 5.32 Å². The van der Waals surface area contributed by atoms with Gasteiger partial charge < -0.3 is 10.1 Å². The van der Waals surface area contributed by atoms with Crippen LogP contribution >= 0.6 is 0 Å². The number of carbonyl (C=O) groups is 2. The summed E-state index contributed by atoms with van der Waals surface area (Å²) in [7, 11) is 1.54. The number of methoxy groups -OCH3 is 1. The number of amides is 1. The van der Waals surface area contributed by atoms with Crippen molar-refractivity contribution in [3.05, 3.63) is 90.0 Å². The zero-order valence-corrected chi connectivity index (χ0v) is 14.8. The summed E-state index contributed by atoms with van der Waals surface area (Å²) in [6.07, 6.45) is -0.869. The van der Waals surface area contributed by atoms with E-state index in [1.54, 1.807) is 61.7 Å². The highest BCUT2D eigenvalue weighted by atomic mass is 16.5.